The molecule has 2 heterocycles. The summed E-state index contributed by atoms with van der Waals surface area (Å²) < 4.78 is 18.3. The topological polar surface area (TPSA) is 95.6 Å². The Kier molecular flexibility index (Phi) is 5.85. The number of hydrogen-bond donors (Lipinski definition) is 3. The number of H-pyrrole nitrogens is 1. The fourth-order valence-corrected chi connectivity index (χ4v) is 2.84. The number of halogens is 1. The Hall–Kier alpha value is -3.16. The summed E-state index contributed by atoms with van der Waals surface area (Å²) in [4.78, 5) is 26.9. The summed E-state index contributed by atoms with van der Waals surface area (Å²) in [7, 11) is 0. The van der Waals surface area contributed by atoms with Crippen molar-refractivity contribution in [3.8, 4) is 0 Å². The van der Waals surface area contributed by atoms with Crippen LogP contribution >= 0.6 is 0 Å². The number of aromatic nitrogens is 1. The van der Waals surface area contributed by atoms with Crippen molar-refractivity contribution >= 4 is 23.3 Å². The van der Waals surface area contributed by atoms with E-state index in [9.17, 15) is 14.0 Å². The number of aromatic amines is 1. The first kappa shape index (κ1) is 18.6. The summed E-state index contributed by atoms with van der Waals surface area (Å²) >= 11 is 0. The first-order valence-electron chi connectivity index (χ1n) is 8.81. The van der Waals surface area contributed by atoms with Crippen molar-refractivity contribution < 1.29 is 18.7 Å². The average molecular weight is 372 g/mol. The Morgan fingerprint density at radius 2 is 2.19 bits per heavy atom. The van der Waals surface area contributed by atoms with E-state index in [2.05, 4.69) is 20.8 Å². The van der Waals surface area contributed by atoms with Crippen molar-refractivity contribution in [1.29, 1.82) is 0 Å². The fourth-order valence-electron chi connectivity index (χ4n) is 2.84. The molecule has 7 nitrogen and oxygen atoms in total. The van der Waals surface area contributed by atoms with Gasteiger partial charge in [0.2, 0.25) is 0 Å². The van der Waals surface area contributed by atoms with E-state index in [-0.39, 0.29) is 24.1 Å². The van der Waals surface area contributed by atoms with Crippen molar-refractivity contribution in [3.63, 3.8) is 0 Å². The molecular weight excluding hydrogens is 351 g/mol. The number of rotatable bonds is 7. The van der Waals surface area contributed by atoms with Crippen LogP contribution in [0, 0.1) is 5.82 Å². The quantitative estimate of drug-likeness (QED) is 0.395. The molecule has 0 bridgehead atoms. The summed E-state index contributed by atoms with van der Waals surface area (Å²) in [6.07, 6.45) is 1.15. The van der Waals surface area contributed by atoms with E-state index in [0.29, 0.717) is 48.6 Å². The molecule has 27 heavy (non-hydrogen) atoms. The van der Waals surface area contributed by atoms with E-state index < -0.39 is 0 Å². The summed E-state index contributed by atoms with van der Waals surface area (Å²) in [5.41, 5.74) is 5.90. The Morgan fingerprint density at radius 1 is 1.33 bits per heavy atom. The molecular formula is C19H21FN4O3. The molecule has 3 N–H and O–H groups in total. The Labute approximate surface area is 156 Å². The van der Waals surface area contributed by atoms with E-state index in [1.165, 1.54) is 12.1 Å². The molecule has 1 aromatic heterocycles. The molecule has 0 saturated heterocycles. The van der Waals surface area contributed by atoms with Crippen LogP contribution in [0.3, 0.4) is 0 Å². The molecule has 1 amide bonds. The minimum atomic E-state index is -0.379. The highest BCUT2D eigenvalue weighted by Crippen LogP contribution is 2.18. The Balaban J connectivity index is 1.84. The zero-order valence-electron chi connectivity index (χ0n) is 15.0. The number of carbonyl (C=O) groups excluding carboxylic acids is 2. The van der Waals surface area contributed by atoms with Gasteiger partial charge in [0.15, 0.2) is 0 Å². The van der Waals surface area contributed by atoms with Crippen LogP contribution in [0.1, 0.15) is 41.5 Å². The number of benzene rings is 1. The summed E-state index contributed by atoms with van der Waals surface area (Å²) in [6, 6.07) is 7.64. The minimum Gasteiger partial charge on any atom is -0.466 e. The number of nitrogens with one attached hydrogen (secondary N) is 3. The lowest BCUT2D eigenvalue weighted by Crippen LogP contribution is -2.31. The largest absolute Gasteiger partial charge is 0.466 e. The highest BCUT2D eigenvalue weighted by atomic mass is 19.1. The van der Waals surface area contributed by atoms with E-state index >= 15 is 0 Å². The number of amides is 1. The van der Waals surface area contributed by atoms with Gasteiger partial charge in [-0.1, -0.05) is 6.07 Å². The van der Waals surface area contributed by atoms with E-state index in [0.717, 1.165) is 5.69 Å². The van der Waals surface area contributed by atoms with Gasteiger partial charge in [0.1, 0.15) is 5.82 Å². The normalized spacial score (nSPS) is 13.7. The van der Waals surface area contributed by atoms with E-state index in [1.807, 2.05) is 0 Å². The van der Waals surface area contributed by atoms with Crippen LogP contribution in [0.15, 0.2) is 35.4 Å². The highest BCUT2D eigenvalue weighted by Gasteiger charge is 2.21. The molecule has 0 unspecified atom stereocenters. The van der Waals surface area contributed by atoms with Gasteiger partial charge in [-0.15, -0.1) is 0 Å². The monoisotopic (exact) mass is 372 g/mol. The number of fused-ring (bicyclic) bond motifs is 1. The van der Waals surface area contributed by atoms with Crippen LogP contribution in [-0.4, -0.2) is 35.7 Å². The zero-order valence-corrected chi connectivity index (χ0v) is 15.0. The number of ether oxygens (including phenoxy) is 1. The Morgan fingerprint density at radius 3 is 2.93 bits per heavy atom. The minimum absolute atomic E-state index is 0.137. The highest BCUT2D eigenvalue weighted by molar-refractivity contribution is 6.04. The second-order valence-electron chi connectivity index (χ2n) is 6.07. The van der Waals surface area contributed by atoms with Crippen molar-refractivity contribution in [2.24, 2.45) is 5.10 Å². The maximum absolute atomic E-state index is 13.4. The standard InChI is InChI=1S/C19H21FN4O3/c1-2-27-18(25)7-6-16(24-23-13-5-3-4-12(20)10-13)17-11-14-15(22-17)8-9-21-19(14)26/h3-5,10-11,22-23H,2,6-9H2,1H3,(H,21,26)/b24-16+. The molecule has 1 aliphatic heterocycles. The second kappa shape index (κ2) is 8.48. The van der Waals surface area contributed by atoms with Crippen LogP contribution < -0.4 is 10.7 Å². The Bertz CT molecular complexity index is 876. The third-order valence-corrected chi connectivity index (χ3v) is 4.13. The molecule has 0 saturated carbocycles. The number of carbonyl (C=O) groups is 2. The van der Waals surface area contributed by atoms with Gasteiger partial charge in [-0.3, -0.25) is 15.0 Å². The van der Waals surface area contributed by atoms with Gasteiger partial charge in [0.05, 0.1) is 35.7 Å². The predicted octanol–water partition coefficient (Wildman–Crippen LogP) is 2.60. The van der Waals surface area contributed by atoms with Crippen LogP contribution in [-0.2, 0) is 16.0 Å². The lowest BCUT2D eigenvalue weighted by atomic mass is 10.1. The summed E-state index contributed by atoms with van der Waals surface area (Å²) in [6.45, 7) is 2.63. The van der Waals surface area contributed by atoms with Crippen LogP contribution in [0.25, 0.3) is 0 Å². The SMILES string of the molecule is CCOC(=O)CC/C(=N\Nc1cccc(F)c1)c1cc2c([nH]1)CCNC2=O. The van der Waals surface area contributed by atoms with Crippen molar-refractivity contribution in [2.45, 2.75) is 26.2 Å². The van der Waals surface area contributed by atoms with Crippen molar-refractivity contribution in [2.75, 3.05) is 18.6 Å². The van der Waals surface area contributed by atoms with Gasteiger partial charge in [-0.05, 0) is 31.2 Å². The summed E-state index contributed by atoms with van der Waals surface area (Å²) in [5.74, 6) is -0.845. The maximum Gasteiger partial charge on any atom is 0.306 e. The molecule has 0 spiro atoms. The number of anilines is 1. The third-order valence-electron chi connectivity index (χ3n) is 4.13. The molecule has 0 aliphatic carbocycles. The molecule has 0 fully saturated rings. The van der Waals surface area contributed by atoms with Crippen LogP contribution in [0.4, 0.5) is 10.1 Å². The summed E-state index contributed by atoms with van der Waals surface area (Å²) in [5, 5.41) is 7.13. The molecule has 1 aromatic carbocycles. The number of hydrazone groups is 1. The molecule has 0 atom stereocenters. The first-order valence-corrected chi connectivity index (χ1v) is 8.81. The van der Waals surface area contributed by atoms with E-state index in [4.69, 9.17) is 4.74 Å². The molecule has 2 aromatic rings. The van der Waals surface area contributed by atoms with Gasteiger partial charge in [-0.25, -0.2) is 4.39 Å². The van der Waals surface area contributed by atoms with Gasteiger partial charge >= 0.3 is 5.97 Å². The van der Waals surface area contributed by atoms with Gasteiger partial charge in [-0.2, -0.15) is 5.10 Å². The predicted molar refractivity (Wildman–Crippen MR) is 99.3 cm³/mol. The molecule has 142 valence electrons. The molecule has 0 radical (unpaired) electrons. The third kappa shape index (κ3) is 4.72. The van der Waals surface area contributed by atoms with Crippen molar-refractivity contribution in [3.05, 3.63) is 53.1 Å². The molecule has 1 aliphatic rings. The van der Waals surface area contributed by atoms with E-state index in [1.54, 1.807) is 25.1 Å². The lowest BCUT2D eigenvalue weighted by Gasteiger charge is -2.11. The molecule has 8 heteroatoms. The van der Waals surface area contributed by atoms with Gasteiger partial charge in [0, 0.05) is 25.1 Å². The van der Waals surface area contributed by atoms with Crippen LogP contribution in [0.2, 0.25) is 0 Å². The fraction of sp³-hybridized carbons (Fsp3) is 0.316. The zero-order chi connectivity index (χ0) is 19.2. The van der Waals surface area contributed by atoms with Gasteiger partial charge in [0.25, 0.3) is 5.91 Å². The van der Waals surface area contributed by atoms with Crippen LogP contribution in [0.5, 0.6) is 0 Å². The lowest BCUT2D eigenvalue weighted by molar-refractivity contribution is -0.142. The maximum atomic E-state index is 13.4. The smallest absolute Gasteiger partial charge is 0.306 e. The average Bonchev–Trinajstić information content (AvgIpc) is 3.07. The second-order valence-corrected chi connectivity index (χ2v) is 6.07. The number of esters is 1. The number of nitrogens with zero attached hydrogens (tertiary/aromatic N) is 1. The number of hydrogen-bond acceptors (Lipinski definition) is 5. The molecule has 3 rings (SSSR count). The van der Waals surface area contributed by atoms with Crippen molar-refractivity contribution in [1.82, 2.24) is 10.3 Å². The van der Waals surface area contributed by atoms with Gasteiger partial charge < -0.3 is 15.0 Å². The first-order chi connectivity index (χ1) is 13.1.